The summed E-state index contributed by atoms with van der Waals surface area (Å²) in [7, 11) is 0. The third-order valence-electron chi connectivity index (χ3n) is 2.82. The smallest absolute Gasteiger partial charge is 0.325 e. The molecule has 104 valence electrons. The van der Waals surface area contributed by atoms with Crippen molar-refractivity contribution in [3.05, 3.63) is 56.6 Å². The summed E-state index contributed by atoms with van der Waals surface area (Å²) in [5.41, 5.74) is 0.544. The maximum atomic E-state index is 11.8. The Morgan fingerprint density at radius 1 is 1.25 bits per heavy atom. The molecule has 2 heterocycles. The second-order valence-corrected chi connectivity index (χ2v) is 4.30. The fourth-order valence-electron chi connectivity index (χ4n) is 1.82. The first kappa shape index (κ1) is 13.7. The Balaban J connectivity index is 2.01. The molecule has 0 aliphatic carbocycles. The fourth-order valence-corrected chi connectivity index (χ4v) is 1.82. The van der Waals surface area contributed by atoms with Crippen LogP contribution in [0.2, 0.25) is 0 Å². The number of hydrogen-bond donors (Lipinski definition) is 3. The molecule has 0 bridgehead atoms. The Labute approximate surface area is 114 Å². The molecule has 0 aliphatic heterocycles. The molecule has 0 aromatic carbocycles. The average molecular weight is 274 g/mol. The predicted molar refractivity (Wildman–Crippen MR) is 73.6 cm³/mol. The Morgan fingerprint density at radius 2 is 1.95 bits per heavy atom. The van der Waals surface area contributed by atoms with E-state index in [1.54, 1.807) is 31.5 Å². The van der Waals surface area contributed by atoms with Gasteiger partial charge >= 0.3 is 5.69 Å². The van der Waals surface area contributed by atoms with Gasteiger partial charge < -0.3 is 10.3 Å². The number of pyridine rings is 1. The van der Waals surface area contributed by atoms with Crippen molar-refractivity contribution in [3.8, 4) is 0 Å². The van der Waals surface area contributed by atoms with Crippen LogP contribution in [0, 0.1) is 6.92 Å². The van der Waals surface area contributed by atoms with Gasteiger partial charge in [-0.2, -0.15) is 0 Å². The van der Waals surface area contributed by atoms with Gasteiger partial charge in [0.1, 0.15) is 0 Å². The summed E-state index contributed by atoms with van der Waals surface area (Å²) >= 11 is 0. The maximum Gasteiger partial charge on any atom is 0.325 e. The standard InChI is InChI=1S/C13H14N4O3/c1-8-10(12(19)17-13(20)15-8)2-3-11(18)16-9-4-6-14-7-5-9/h4-7H,2-3H2,1H3,(H,14,16,18)(H2,15,17,19,20). The summed E-state index contributed by atoms with van der Waals surface area (Å²) < 4.78 is 0. The Morgan fingerprint density at radius 3 is 2.60 bits per heavy atom. The normalized spacial score (nSPS) is 10.2. The van der Waals surface area contributed by atoms with E-state index in [0.717, 1.165) is 0 Å². The lowest BCUT2D eigenvalue weighted by Crippen LogP contribution is -2.27. The van der Waals surface area contributed by atoms with Crippen molar-refractivity contribution in [2.24, 2.45) is 0 Å². The van der Waals surface area contributed by atoms with Gasteiger partial charge in [0.25, 0.3) is 5.56 Å². The van der Waals surface area contributed by atoms with E-state index in [2.05, 4.69) is 20.3 Å². The minimum Gasteiger partial charge on any atom is -0.326 e. The molecule has 0 spiro atoms. The van der Waals surface area contributed by atoms with Crippen LogP contribution in [0.15, 0.2) is 34.1 Å². The molecule has 20 heavy (non-hydrogen) atoms. The molecule has 0 radical (unpaired) electrons. The molecule has 1 amide bonds. The lowest BCUT2D eigenvalue weighted by atomic mass is 10.1. The highest BCUT2D eigenvalue weighted by molar-refractivity contribution is 5.90. The molecule has 0 atom stereocenters. The molecule has 0 saturated heterocycles. The van der Waals surface area contributed by atoms with Gasteiger partial charge in [-0.3, -0.25) is 19.6 Å². The van der Waals surface area contributed by atoms with Crippen LogP contribution in [0.3, 0.4) is 0 Å². The predicted octanol–water partition coefficient (Wildman–Crippen LogP) is 0.338. The van der Waals surface area contributed by atoms with Gasteiger partial charge in [0.15, 0.2) is 0 Å². The van der Waals surface area contributed by atoms with Crippen molar-refractivity contribution < 1.29 is 4.79 Å². The number of nitrogens with zero attached hydrogens (tertiary/aromatic N) is 1. The largest absolute Gasteiger partial charge is 0.326 e. The van der Waals surface area contributed by atoms with Crippen molar-refractivity contribution in [2.75, 3.05) is 5.32 Å². The number of amides is 1. The van der Waals surface area contributed by atoms with Gasteiger partial charge in [-0.25, -0.2) is 4.79 Å². The van der Waals surface area contributed by atoms with Gasteiger partial charge in [0, 0.05) is 35.8 Å². The average Bonchev–Trinajstić information content (AvgIpc) is 2.38. The first-order chi connectivity index (χ1) is 9.56. The monoisotopic (exact) mass is 274 g/mol. The van der Waals surface area contributed by atoms with Crippen molar-refractivity contribution in [1.82, 2.24) is 15.0 Å². The van der Waals surface area contributed by atoms with Crippen LogP contribution in [-0.2, 0) is 11.2 Å². The summed E-state index contributed by atoms with van der Waals surface area (Å²) in [6.07, 6.45) is 3.56. The van der Waals surface area contributed by atoms with Crippen LogP contribution in [0.1, 0.15) is 17.7 Å². The maximum absolute atomic E-state index is 11.8. The van der Waals surface area contributed by atoms with E-state index >= 15 is 0 Å². The zero-order chi connectivity index (χ0) is 14.5. The first-order valence-electron chi connectivity index (χ1n) is 6.08. The molecule has 7 nitrogen and oxygen atoms in total. The summed E-state index contributed by atoms with van der Waals surface area (Å²) in [6.45, 7) is 1.63. The highest BCUT2D eigenvalue weighted by Gasteiger charge is 2.09. The molecular formula is C13H14N4O3. The van der Waals surface area contributed by atoms with Crippen molar-refractivity contribution >= 4 is 11.6 Å². The van der Waals surface area contributed by atoms with Crippen molar-refractivity contribution in [3.63, 3.8) is 0 Å². The quantitative estimate of drug-likeness (QED) is 0.747. The van der Waals surface area contributed by atoms with Crippen LogP contribution in [-0.4, -0.2) is 20.9 Å². The summed E-state index contributed by atoms with van der Waals surface area (Å²) in [6, 6.07) is 3.35. The van der Waals surface area contributed by atoms with Crippen LogP contribution < -0.4 is 16.6 Å². The Hall–Kier alpha value is -2.70. The van der Waals surface area contributed by atoms with Crippen LogP contribution in [0.5, 0.6) is 0 Å². The van der Waals surface area contributed by atoms with Gasteiger partial charge in [0.05, 0.1) is 0 Å². The number of carbonyl (C=O) groups excluding carboxylic acids is 1. The first-order valence-corrected chi connectivity index (χ1v) is 6.08. The molecule has 2 rings (SSSR count). The van der Waals surface area contributed by atoms with Crippen molar-refractivity contribution in [1.29, 1.82) is 0 Å². The van der Waals surface area contributed by atoms with E-state index in [4.69, 9.17) is 0 Å². The van der Waals surface area contributed by atoms with Crippen molar-refractivity contribution in [2.45, 2.75) is 19.8 Å². The second-order valence-electron chi connectivity index (χ2n) is 4.30. The zero-order valence-electron chi connectivity index (χ0n) is 10.9. The molecule has 2 aromatic heterocycles. The van der Waals surface area contributed by atoms with E-state index in [-0.39, 0.29) is 18.7 Å². The topological polar surface area (TPSA) is 108 Å². The third kappa shape index (κ3) is 3.41. The van der Waals surface area contributed by atoms with Gasteiger partial charge in [-0.1, -0.05) is 0 Å². The highest BCUT2D eigenvalue weighted by atomic mass is 16.2. The molecule has 0 saturated carbocycles. The van der Waals surface area contributed by atoms with E-state index in [0.29, 0.717) is 16.9 Å². The Bertz CT molecular complexity index is 718. The van der Waals surface area contributed by atoms with Crippen LogP contribution in [0.4, 0.5) is 5.69 Å². The molecule has 0 fully saturated rings. The Kier molecular flexibility index (Phi) is 4.09. The van der Waals surface area contributed by atoms with Gasteiger partial charge in [-0.05, 0) is 25.5 Å². The summed E-state index contributed by atoms with van der Waals surface area (Å²) in [5.74, 6) is -0.207. The number of rotatable bonds is 4. The van der Waals surface area contributed by atoms with E-state index in [1.807, 2.05) is 0 Å². The van der Waals surface area contributed by atoms with E-state index in [1.165, 1.54) is 0 Å². The molecule has 0 unspecified atom stereocenters. The lowest BCUT2D eigenvalue weighted by molar-refractivity contribution is -0.116. The number of aryl methyl sites for hydroxylation is 1. The number of H-pyrrole nitrogens is 2. The van der Waals surface area contributed by atoms with E-state index in [9.17, 15) is 14.4 Å². The number of aromatic amines is 2. The highest BCUT2D eigenvalue weighted by Crippen LogP contribution is 2.06. The molecule has 7 heteroatoms. The van der Waals surface area contributed by atoms with Gasteiger partial charge in [-0.15, -0.1) is 0 Å². The summed E-state index contributed by atoms with van der Waals surface area (Å²) in [5, 5.41) is 2.70. The second kappa shape index (κ2) is 5.96. The SMILES string of the molecule is Cc1[nH]c(=O)[nH]c(=O)c1CCC(=O)Nc1ccncc1. The third-order valence-corrected chi connectivity index (χ3v) is 2.82. The lowest BCUT2D eigenvalue weighted by Gasteiger charge is -2.05. The molecule has 3 N–H and O–H groups in total. The number of carbonyl (C=O) groups is 1. The molecular weight excluding hydrogens is 260 g/mol. The fraction of sp³-hybridized carbons (Fsp3) is 0.231. The summed E-state index contributed by atoms with van der Waals surface area (Å²) in [4.78, 5) is 42.9. The number of nitrogens with one attached hydrogen (secondary N) is 3. The number of hydrogen-bond acceptors (Lipinski definition) is 4. The van der Waals surface area contributed by atoms with Gasteiger partial charge in [0.2, 0.25) is 5.91 Å². The zero-order valence-corrected chi connectivity index (χ0v) is 10.9. The number of aromatic nitrogens is 3. The molecule has 2 aromatic rings. The van der Waals surface area contributed by atoms with Crippen LogP contribution >= 0.6 is 0 Å². The minimum absolute atomic E-state index is 0.151. The van der Waals surface area contributed by atoms with E-state index < -0.39 is 11.2 Å². The minimum atomic E-state index is -0.544. The number of anilines is 1. The molecule has 0 aliphatic rings. The van der Waals surface area contributed by atoms with Crippen LogP contribution in [0.25, 0.3) is 0 Å².